The summed E-state index contributed by atoms with van der Waals surface area (Å²) >= 11 is 4.28. The molecule has 2 heterocycles. The van der Waals surface area contributed by atoms with Crippen molar-refractivity contribution in [1.29, 1.82) is 0 Å². The van der Waals surface area contributed by atoms with E-state index in [1.807, 2.05) is 61.7 Å². The zero-order chi connectivity index (χ0) is 22.5. The van der Waals surface area contributed by atoms with Crippen LogP contribution in [-0.2, 0) is 4.79 Å². The molecule has 2 amide bonds. The first-order valence-corrected chi connectivity index (χ1v) is 12.6. The molecule has 0 radical (unpaired) electrons. The van der Waals surface area contributed by atoms with Gasteiger partial charge in [-0.2, -0.15) is 0 Å². The zero-order valence-electron chi connectivity index (χ0n) is 17.5. The van der Waals surface area contributed by atoms with Crippen LogP contribution in [0.1, 0.15) is 20.1 Å². The third kappa shape index (κ3) is 5.64. The fourth-order valence-corrected chi connectivity index (χ4v) is 5.22. The molecule has 0 aliphatic carbocycles. The number of hydrogen-bond donors (Lipinski definition) is 2. The van der Waals surface area contributed by atoms with E-state index in [2.05, 4.69) is 27.8 Å². The Morgan fingerprint density at radius 1 is 1.00 bits per heavy atom. The van der Waals surface area contributed by atoms with Crippen molar-refractivity contribution < 1.29 is 9.59 Å². The van der Waals surface area contributed by atoms with Crippen LogP contribution in [0.5, 0.6) is 0 Å². The molecule has 4 rings (SSSR count). The summed E-state index contributed by atoms with van der Waals surface area (Å²) in [6.07, 6.45) is 0. The van der Waals surface area contributed by atoms with Crippen molar-refractivity contribution in [3.05, 3.63) is 81.4 Å². The number of thioether (sulfide) groups is 1. The van der Waals surface area contributed by atoms with Crippen LogP contribution in [0.4, 0.5) is 10.8 Å². The van der Waals surface area contributed by atoms with E-state index in [-0.39, 0.29) is 17.6 Å². The standard InChI is InChI=1S/C24H21N3O2S3/c1-15-8-10-17(11-9-15)22-16(2)32-24(27-22)26-21(28)14-31-19-6-3-5-18(13-19)25-23(29)20-7-4-12-30-20/h3-13H,14H2,1-2H3,(H,25,29)(H,26,27,28). The number of nitrogens with zero attached hydrogens (tertiary/aromatic N) is 1. The second kappa shape index (κ2) is 10.1. The van der Waals surface area contributed by atoms with E-state index < -0.39 is 0 Å². The van der Waals surface area contributed by atoms with E-state index in [4.69, 9.17) is 0 Å². The van der Waals surface area contributed by atoms with Gasteiger partial charge in [-0.1, -0.05) is 42.0 Å². The summed E-state index contributed by atoms with van der Waals surface area (Å²) in [6.45, 7) is 4.06. The minimum absolute atomic E-state index is 0.118. The zero-order valence-corrected chi connectivity index (χ0v) is 20.0. The molecule has 0 saturated heterocycles. The maximum Gasteiger partial charge on any atom is 0.265 e. The summed E-state index contributed by atoms with van der Waals surface area (Å²) in [5.74, 6) is -0.00322. The van der Waals surface area contributed by atoms with Crippen molar-refractivity contribution in [2.24, 2.45) is 0 Å². The average molecular weight is 480 g/mol. The molecule has 0 spiro atoms. The molecule has 2 aromatic heterocycles. The van der Waals surface area contributed by atoms with Gasteiger partial charge in [-0.05, 0) is 43.5 Å². The van der Waals surface area contributed by atoms with Crippen LogP contribution >= 0.6 is 34.4 Å². The summed E-state index contributed by atoms with van der Waals surface area (Å²) < 4.78 is 0. The second-order valence-electron chi connectivity index (χ2n) is 7.09. The number of hydrogen-bond acceptors (Lipinski definition) is 6. The van der Waals surface area contributed by atoms with Gasteiger partial charge in [0, 0.05) is 21.0 Å². The third-order valence-electron chi connectivity index (χ3n) is 4.57. The van der Waals surface area contributed by atoms with E-state index in [0.717, 1.165) is 21.0 Å². The van der Waals surface area contributed by atoms with Crippen LogP contribution in [0.3, 0.4) is 0 Å². The molecule has 0 fully saturated rings. The van der Waals surface area contributed by atoms with Crippen molar-refractivity contribution in [1.82, 2.24) is 4.98 Å². The quantitative estimate of drug-likeness (QED) is 0.298. The number of carbonyl (C=O) groups is 2. The number of thiophene rings is 1. The average Bonchev–Trinajstić information content (AvgIpc) is 3.43. The molecule has 162 valence electrons. The Hall–Kier alpha value is -2.94. The van der Waals surface area contributed by atoms with E-state index in [1.54, 1.807) is 6.07 Å². The number of thiazole rings is 1. The lowest BCUT2D eigenvalue weighted by Crippen LogP contribution is -2.14. The topological polar surface area (TPSA) is 71.1 Å². The number of carbonyl (C=O) groups excluding carboxylic acids is 2. The highest BCUT2D eigenvalue weighted by atomic mass is 32.2. The van der Waals surface area contributed by atoms with Crippen LogP contribution in [0, 0.1) is 13.8 Å². The van der Waals surface area contributed by atoms with Gasteiger partial charge in [-0.25, -0.2) is 4.98 Å². The molecule has 2 N–H and O–H groups in total. The number of amides is 2. The van der Waals surface area contributed by atoms with E-state index in [9.17, 15) is 9.59 Å². The minimum atomic E-state index is -0.136. The van der Waals surface area contributed by atoms with E-state index in [0.29, 0.717) is 15.7 Å². The number of anilines is 2. The summed E-state index contributed by atoms with van der Waals surface area (Å²) in [5.41, 5.74) is 3.84. The third-order valence-corrected chi connectivity index (χ3v) is 7.32. The predicted octanol–water partition coefficient (Wildman–Crippen LogP) is 6.47. The molecule has 2 aromatic carbocycles. The predicted molar refractivity (Wildman–Crippen MR) is 135 cm³/mol. The molecule has 5 nitrogen and oxygen atoms in total. The Kier molecular flexibility index (Phi) is 7.04. The first kappa shape index (κ1) is 22.3. The summed E-state index contributed by atoms with van der Waals surface area (Å²) in [6, 6.07) is 19.3. The van der Waals surface area contributed by atoms with Crippen molar-refractivity contribution in [2.45, 2.75) is 18.7 Å². The Balaban J connectivity index is 1.34. The van der Waals surface area contributed by atoms with Gasteiger partial charge >= 0.3 is 0 Å². The first-order valence-electron chi connectivity index (χ1n) is 9.90. The summed E-state index contributed by atoms with van der Waals surface area (Å²) in [5, 5.41) is 8.25. The van der Waals surface area contributed by atoms with Gasteiger partial charge in [0.2, 0.25) is 5.91 Å². The maximum absolute atomic E-state index is 12.5. The normalized spacial score (nSPS) is 10.7. The Morgan fingerprint density at radius 2 is 1.81 bits per heavy atom. The van der Waals surface area contributed by atoms with Crippen LogP contribution in [-0.4, -0.2) is 22.6 Å². The Labute approximate surface area is 198 Å². The largest absolute Gasteiger partial charge is 0.321 e. The monoisotopic (exact) mass is 479 g/mol. The fraction of sp³-hybridized carbons (Fsp3) is 0.125. The number of nitrogens with one attached hydrogen (secondary N) is 2. The maximum atomic E-state index is 12.5. The van der Waals surface area contributed by atoms with Crippen LogP contribution < -0.4 is 10.6 Å². The lowest BCUT2D eigenvalue weighted by molar-refractivity contribution is -0.113. The molecular weight excluding hydrogens is 458 g/mol. The van der Waals surface area contributed by atoms with Gasteiger partial charge in [-0.3, -0.25) is 9.59 Å². The first-order chi connectivity index (χ1) is 15.5. The SMILES string of the molecule is Cc1ccc(-c2nc(NC(=O)CSc3cccc(NC(=O)c4cccs4)c3)sc2C)cc1. The van der Waals surface area contributed by atoms with Gasteiger partial charge in [0.25, 0.3) is 5.91 Å². The minimum Gasteiger partial charge on any atom is -0.321 e. The highest BCUT2D eigenvalue weighted by molar-refractivity contribution is 8.00. The number of benzene rings is 2. The van der Waals surface area contributed by atoms with Crippen molar-refractivity contribution in [3.8, 4) is 11.3 Å². The highest BCUT2D eigenvalue weighted by Gasteiger charge is 2.13. The van der Waals surface area contributed by atoms with Crippen molar-refractivity contribution in [2.75, 3.05) is 16.4 Å². The second-order valence-corrected chi connectivity index (χ2v) is 10.3. The van der Waals surface area contributed by atoms with Crippen LogP contribution in [0.25, 0.3) is 11.3 Å². The lowest BCUT2D eigenvalue weighted by atomic mass is 10.1. The van der Waals surface area contributed by atoms with Crippen molar-refractivity contribution in [3.63, 3.8) is 0 Å². The van der Waals surface area contributed by atoms with E-state index in [1.165, 1.54) is 40.0 Å². The molecule has 32 heavy (non-hydrogen) atoms. The Morgan fingerprint density at radius 3 is 2.56 bits per heavy atom. The van der Waals surface area contributed by atoms with E-state index >= 15 is 0 Å². The molecule has 4 aromatic rings. The van der Waals surface area contributed by atoms with Crippen LogP contribution in [0.15, 0.2) is 70.9 Å². The number of aromatic nitrogens is 1. The van der Waals surface area contributed by atoms with Crippen LogP contribution in [0.2, 0.25) is 0 Å². The molecule has 0 aliphatic rings. The van der Waals surface area contributed by atoms with Gasteiger partial charge in [0.15, 0.2) is 5.13 Å². The van der Waals surface area contributed by atoms with Crippen molar-refractivity contribution >= 4 is 57.1 Å². The van der Waals surface area contributed by atoms with Gasteiger partial charge in [-0.15, -0.1) is 34.4 Å². The molecule has 0 aliphatic heterocycles. The Bertz CT molecular complexity index is 1230. The lowest BCUT2D eigenvalue weighted by Gasteiger charge is -2.06. The fourth-order valence-electron chi connectivity index (χ4n) is 3.00. The van der Waals surface area contributed by atoms with Gasteiger partial charge in [0.05, 0.1) is 16.3 Å². The molecule has 0 bridgehead atoms. The number of rotatable bonds is 7. The summed E-state index contributed by atoms with van der Waals surface area (Å²) in [4.78, 5) is 31.9. The molecule has 8 heteroatoms. The molecule has 0 unspecified atom stereocenters. The van der Waals surface area contributed by atoms with Gasteiger partial charge < -0.3 is 10.6 Å². The molecule has 0 saturated carbocycles. The highest BCUT2D eigenvalue weighted by Crippen LogP contribution is 2.31. The summed E-state index contributed by atoms with van der Waals surface area (Å²) in [7, 11) is 0. The van der Waals surface area contributed by atoms with Gasteiger partial charge in [0.1, 0.15) is 0 Å². The molecular formula is C24H21N3O2S3. The smallest absolute Gasteiger partial charge is 0.265 e. The molecule has 0 atom stereocenters. The number of aryl methyl sites for hydroxylation is 2.